The molecule has 3 aromatic rings. The second-order valence-electron chi connectivity index (χ2n) is 9.17. The van der Waals surface area contributed by atoms with Crippen LogP contribution in [-0.2, 0) is 9.84 Å². The SMILES string of the molecule is CCC(C)n1nc(N2CCNC2=O)c2cnc(Nc3ccnc(OCC(C)(C)S(C)(=O)=O)n3)cc21. The topological polar surface area (TPSA) is 144 Å². The van der Waals surface area contributed by atoms with Crippen molar-refractivity contribution in [3.63, 3.8) is 0 Å². The second kappa shape index (κ2) is 9.29. The maximum atomic E-state index is 12.3. The number of nitrogens with one attached hydrogen (secondary N) is 2. The molecule has 0 bridgehead atoms. The molecule has 2 amide bonds. The lowest BCUT2D eigenvalue weighted by atomic mass is 10.2. The minimum atomic E-state index is -3.32. The van der Waals surface area contributed by atoms with Gasteiger partial charge >= 0.3 is 12.0 Å². The number of amides is 2. The average Bonchev–Trinajstić information content (AvgIpc) is 3.39. The maximum absolute atomic E-state index is 12.3. The van der Waals surface area contributed by atoms with Gasteiger partial charge in [-0.2, -0.15) is 10.1 Å². The molecule has 3 aromatic heterocycles. The summed E-state index contributed by atoms with van der Waals surface area (Å²) in [5.74, 6) is 1.55. The largest absolute Gasteiger partial charge is 0.462 e. The zero-order valence-electron chi connectivity index (χ0n) is 20.4. The molecular weight excluding hydrogens is 472 g/mol. The second-order valence-corrected chi connectivity index (χ2v) is 11.8. The van der Waals surface area contributed by atoms with E-state index in [9.17, 15) is 13.2 Å². The number of anilines is 3. The fourth-order valence-electron chi connectivity index (χ4n) is 3.42. The number of hydrogen-bond acceptors (Lipinski definition) is 9. The summed E-state index contributed by atoms with van der Waals surface area (Å²) >= 11 is 0. The number of nitrogens with zero attached hydrogens (tertiary/aromatic N) is 6. The Labute approximate surface area is 204 Å². The van der Waals surface area contributed by atoms with Crippen LogP contribution in [0.3, 0.4) is 0 Å². The van der Waals surface area contributed by atoms with Crippen LogP contribution in [0.15, 0.2) is 24.5 Å². The summed E-state index contributed by atoms with van der Waals surface area (Å²) in [6.45, 7) is 8.36. The van der Waals surface area contributed by atoms with Crippen LogP contribution in [0.5, 0.6) is 6.01 Å². The van der Waals surface area contributed by atoms with Crippen molar-refractivity contribution >= 4 is 44.2 Å². The molecule has 4 rings (SSSR count). The van der Waals surface area contributed by atoms with Crippen molar-refractivity contribution in [2.45, 2.75) is 44.9 Å². The van der Waals surface area contributed by atoms with Crippen molar-refractivity contribution in [1.82, 2.24) is 30.0 Å². The molecule has 35 heavy (non-hydrogen) atoms. The van der Waals surface area contributed by atoms with Crippen molar-refractivity contribution in [3.8, 4) is 6.01 Å². The van der Waals surface area contributed by atoms with E-state index < -0.39 is 14.6 Å². The Kier molecular flexibility index (Phi) is 6.54. The lowest BCUT2D eigenvalue weighted by Gasteiger charge is -2.21. The van der Waals surface area contributed by atoms with Crippen LogP contribution in [0, 0.1) is 0 Å². The molecule has 1 aliphatic heterocycles. The Hall–Kier alpha value is -3.48. The number of urea groups is 1. The Morgan fingerprint density at radius 2 is 2.06 bits per heavy atom. The molecule has 1 aliphatic rings. The van der Waals surface area contributed by atoms with Crippen LogP contribution in [-0.4, -0.2) is 69.9 Å². The number of rotatable bonds is 9. The first-order valence-electron chi connectivity index (χ1n) is 11.4. The summed E-state index contributed by atoms with van der Waals surface area (Å²) in [6, 6.07) is 3.52. The Morgan fingerprint density at radius 1 is 1.29 bits per heavy atom. The molecule has 12 nitrogen and oxygen atoms in total. The van der Waals surface area contributed by atoms with Gasteiger partial charge in [-0.3, -0.25) is 9.58 Å². The zero-order valence-corrected chi connectivity index (χ0v) is 21.3. The van der Waals surface area contributed by atoms with Crippen LogP contribution in [0.4, 0.5) is 22.2 Å². The van der Waals surface area contributed by atoms with Gasteiger partial charge < -0.3 is 15.4 Å². The number of ether oxygens (including phenoxy) is 1. The van der Waals surface area contributed by atoms with E-state index in [0.29, 0.717) is 30.5 Å². The summed E-state index contributed by atoms with van der Waals surface area (Å²) < 4.78 is 30.2. The Balaban J connectivity index is 1.60. The van der Waals surface area contributed by atoms with Gasteiger partial charge in [-0.1, -0.05) is 6.92 Å². The number of fused-ring (bicyclic) bond motifs is 1. The van der Waals surface area contributed by atoms with Gasteiger partial charge in [-0.05, 0) is 33.3 Å². The highest BCUT2D eigenvalue weighted by atomic mass is 32.2. The summed E-state index contributed by atoms with van der Waals surface area (Å²) in [6.07, 6.45) is 5.24. The van der Waals surface area contributed by atoms with Crippen molar-refractivity contribution in [2.24, 2.45) is 0 Å². The minimum Gasteiger partial charge on any atom is -0.462 e. The third kappa shape index (κ3) is 4.99. The maximum Gasteiger partial charge on any atom is 0.323 e. The standard InChI is InChI=1S/C22H30N8O4S/c1-6-14(2)30-16-11-18(25-12-15(16)19(28-30)29-10-9-24-21(29)31)26-17-7-8-23-20(27-17)34-13-22(3,4)35(5,32)33/h7-8,11-12,14H,6,9-10,13H2,1-5H3,(H,24,31)(H,23,25,26,27). The predicted octanol–water partition coefficient (Wildman–Crippen LogP) is 2.67. The Bertz CT molecular complexity index is 1350. The molecular formula is C22H30N8O4S. The minimum absolute atomic E-state index is 0.0554. The van der Waals surface area contributed by atoms with E-state index in [4.69, 9.17) is 9.84 Å². The molecule has 1 atom stereocenters. The average molecular weight is 503 g/mol. The van der Waals surface area contributed by atoms with Gasteiger partial charge in [-0.25, -0.2) is 23.2 Å². The fraction of sp³-hybridized carbons (Fsp3) is 0.500. The van der Waals surface area contributed by atoms with Crippen molar-refractivity contribution in [1.29, 1.82) is 0 Å². The summed E-state index contributed by atoms with van der Waals surface area (Å²) in [7, 11) is -3.32. The smallest absolute Gasteiger partial charge is 0.323 e. The van der Waals surface area contributed by atoms with E-state index >= 15 is 0 Å². The van der Waals surface area contributed by atoms with E-state index in [0.717, 1.165) is 17.3 Å². The quantitative estimate of drug-likeness (QED) is 0.451. The zero-order chi connectivity index (χ0) is 25.4. The van der Waals surface area contributed by atoms with Gasteiger partial charge in [0.15, 0.2) is 15.7 Å². The molecule has 0 spiro atoms. The summed E-state index contributed by atoms with van der Waals surface area (Å²) in [5, 5.41) is 11.5. The number of carbonyl (C=O) groups is 1. The lowest BCUT2D eigenvalue weighted by Crippen LogP contribution is -2.37. The molecule has 4 heterocycles. The van der Waals surface area contributed by atoms with Gasteiger partial charge in [0.2, 0.25) is 0 Å². The van der Waals surface area contributed by atoms with Crippen LogP contribution >= 0.6 is 0 Å². The molecule has 0 aromatic carbocycles. The van der Waals surface area contributed by atoms with E-state index in [1.54, 1.807) is 31.0 Å². The Morgan fingerprint density at radius 3 is 2.71 bits per heavy atom. The highest BCUT2D eigenvalue weighted by Gasteiger charge is 2.31. The first kappa shape index (κ1) is 24.6. The fourth-order valence-corrected chi connectivity index (χ4v) is 3.70. The molecule has 1 fully saturated rings. The lowest BCUT2D eigenvalue weighted by molar-refractivity contribution is 0.252. The van der Waals surface area contributed by atoms with Gasteiger partial charge in [0.05, 0.1) is 10.9 Å². The van der Waals surface area contributed by atoms with Crippen LogP contribution < -0.4 is 20.3 Å². The van der Waals surface area contributed by atoms with Crippen LogP contribution in [0.2, 0.25) is 0 Å². The molecule has 13 heteroatoms. The number of carbonyl (C=O) groups excluding carboxylic acids is 1. The molecule has 0 aliphatic carbocycles. The molecule has 188 valence electrons. The predicted molar refractivity (Wildman–Crippen MR) is 133 cm³/mol. The monoisotopic (exact) mass is 502 g/mol. The molecule has 0 saturated carbocycles. The van der Waals surface area contributed by atoms with Crippen molar-refractivity contribution < 1.29 is 17.9 Å². The third-order valence-electron chi connectivity index (χ3n) is 6.14. The van der Waals surface area contributed by atoms with E-state index in [1.807, 2.05) is 10.7 Å². The summed E-state index contributed by atoms with van der Waals surface area (Å²) in [4.78, 5) is 26.8. The van der Waals surface area contributed by atoms with E-state index in [1.165, 1.54) is 12.5 Å². The van der Waals surface area contributed by atoms with Gasteiger partial charge in [0.1, 0.15) is 23.0 Å². The van der Waals surface area contributed by atoms with E-state index in [2.05, 4.69) is 39.4 Å². The number of pyridine rings is 1. The first-order valence-corrected chi connectivity index (χ1v) is 13.3. The third-order valence-corrected chi connectivity index (χ3v) is 8.26. The van der Waals surface area contributed by atoms with Crippen molar-refractivity contribution in [2.75, 3.05) is 36.2 Å². The van der Waals surface area contributed by atoms with Gasteiger partial charge in [0.25, 0.3) is 0 Å². The van der Waals surface area contributed by atoms with Crippen molar-refractivity contribution in [3.05, 3.63) is 24.5 Å². The van der Waals surface area contributed by atoms with Crippen LogP contribution in [0.25, 0.3) is 10.9 Å². The molecule has 1 unspecified atom stereocenters. The number of aromatic nitrogens is 5. The first-order chi connectivity index (χ1) is 16.5. The molecule has 0 radical (unpaired) electrons. The van der Waals surface area contributed by atoms with Crippen LogP contribution in [0.1, 0.15) is 40.2 Å². The number of hydrogen-bond donors (Lipinski definition) is 2. The normalized spacial score (nSPS) is 15.3. The van der Waals surface area contributed by atoms with Gasteiger partial charge in [0, 0.05) is 43.8 Å². The van der Waals surface area contributed by atoms with Gasteiger partial charge in [-0.15, -0.1) is 0 Å². The highest BCUT2D eigenvalue weighted by Crippen LogP contribution is 2.31. The molecule has 1 saturated heterocycles. The molecule has 2 N–H and O–H groups in total. The highest BCUT2D eigenvalue weighted by molar-refractivity contribution is 7.92. The summed E-state index contributed by atoms with van der Waals surface area (Å²) in [5.41, 5.74) is 0.840. The van der Waals surface area contributed by atoms with E-state index in [-0.39, 0.29) is 24.7 Å². The number of sulfone groups is 1.